The largest absolute Gasteiger partial charge is 0.295 e. The fraction of sp³-hybridized carbons (Fsp3) is 0.533. The van der Waals surface area contributed by atoms with Crippen LogP contribution in [0, 0.1) is 0 Å². The van der Waals surface area contributed by atoms with Crippen LogP contribution in [-0.4, -0.2) is 34.4 Å². The highest BCUT2D eigenvalue weighted by Gasteiger charge is 2.24. The molecular formula is C15H23N3OS. The Kier molecular flexibility index (Phi) is 5.46. The normalized spacial score (nSPS) is 23.6. The molecule has 1 aliphatic rings. The third kappa shape index (κ3) is 3.98. The number of amides is 1. The Labute approximate surface area is 125 Å². The monoisotopic (exact) mass is 293 g/mol. The second kappa shape index (κ2) is 7.11. The van der Waals surface area contributed by atoms with Gasteiger partial charge in [0.2, 0.25) is 5.91 Å². The maximum Gasteiger partial charge on any atom is 0.238 e. The average Bonchev–Trinajstić information content (AvgIpc) is 2.46. The van der Waals surface area contributed by atoms with Crippen LogP contribution < -0.4 is 11.3 Å². The third-order valence-corrected chi connectivity index (χ3v) is 5.29. The molecule has 110 valence electrons. The summed E-state index contributed by atoms with van der Waals surface area (Å²) < 4.78 is 0. The molecule has 0 spiro atoms. The minimum absolute atomic E-state index is 0.159. The van der Waals surface area contributed by atoms with Crippen molar-refractivity contribution >= 4 is 17.7 Å². The first kappa shape index (κ1) is 15.4. The summed E-state index contributed by atoms with van der Waals surface area (Å²) in [4.78, 5) is 13.7. The molecule has 2 unspecified atom stereocenters. The van der Waals surface area contributed by atoms with Crippen molar-refractivity contribution in [2.75, 3.05) is 12.3 Å². The molecule has 2 atom stereocenters. The van der Waals surface area contributed by atoms with Crippen molar-refractivity contribution < 1.29 is 4.79 Å². The van der Waals surface area contributed by atoms with Gasteiger partial charge in [-0.3, -0.25) is 15.1 Å². The molecule has 0 aromatic heterocycles. The van der Waals surface area contributed by atoms with Crippen molar-refractivity contribution in [2.45, 2.75) is 38.1 Å². The zero-order valence-electron chi connectivity index (χ0n) is 12.1. The zero-order chi connectivity index (χ0) is 14.5. The quantitative estimate of drug-likeness (QED) is 0.502. The Morgan fingerprint density at radius 1 is 1.35 bits per heavy atom. The average molecular weight is 293 g/mol. The number of thioether (sulfide) groups is 1. The van der Waals surface area contributed by atoms with Gasteiger partial charge in [-0.15, -0.1) is 0 Å². The van der Waals surface area contributed by atoms with Crippen molar-refractivity contribution in [3.8, 4) is 0 Å². The molecule has 1 heterocycles. The highest BCUT2D eigenvalue weighted by molar-refractivity contribution is 8.00. The molecule has 3 N–H and O–H groups in total. The first-order chi connectivity index (χ1) is 9.60. The number of carbonyl (C=O) groups excluding carboxylic acids is 1. The number of hydrazine groups is 1. The minimum Gasteiger partial charge on any atom is -0.295 e. The summed E-state index contributed by atoms with van der Waals surface area (Å²) in [6.45, 7) is 6.73. The SMILES string of the molecule is CC1SCCN(Cc2ccc(CC(=O)NN)cc2)C1C. The second-order valence-electron chi connectivity index (χ2n) is 5.35. The Bertz CT molecular complexity index is 449. The van der Waals surface area contributed by atoms with Crippen LogP contribution in [0.25, 0.3) is 0 Å². The molecular weight excluding hydrogens is 270 g/mol. The lowest BCUT2D eigenvalue weighted by Gasteiger charge is -2.37. The lowest BCUT2D eigenvalue weighted by Crippen LogP contribution is -2.43. The molecule has 0 aliphatic carbocycles. The standard InChI is InChI=1S/C15H23N3OS/c1-11-12(2)20-8-7-18(11)10-14-5-3-13(4-6-14)9-15(19)17-16/h3-6,11-12H,7-10,16H2,1-2H3,(H,17,19). The molecule has 5 heteroatoms. The molecule has 1 aliphatic heterocycles. The van der Waals surface area contributed by atoms with Crippen molar-refractivity contribution in [1.29, 1.82) is 0 Å². The smallest absolute Gasteiger partial charge is 0.238 e. The summed E-state index contributed by atoms with van der Waals surface area (Å²) in [5, 5.41) is 0.691. The fourth-order valence-electron chi connectivity index (χ4n) is 2.45. The van der Waals surface area contributed by atoms with Gasteiger partial charge in [0.1, 0.15) is 0 Å². The van der Waals surface area contributed by atoms with Crippen molar-refractivity contribution in [2.24, 2.45) is 5.84 Å². The topological polar surface area (TPSA) is 58.4 Å². The van der Waals surface area contributed by atoms with E-state index in [1.807, 2.05) is 12.1 Å². The molecule has 0 saturated carbocycles. The van der Waals surface area contributed by atoms with Gasteiger partial charge in [-0.25, -0.2) is 5.84 Å². The van der Waals surface area contributed by atoms with E-state index in [-0.39, 0.29) is 5.91 Å². The Balaban J connectivity index is 1.94. The van der Waals surface area contributed by atoms with Crippen LogP contribution in [0.2, 0.25) is 0 Å². The van der Waals surface area contributed by atoms with Gasteiger partial charge in [-0.2, -0.15) is 11.8 Å². The van der Waals surface area contributed by atoms with E-state index in [0.717, 1.165) is 18.7 Å². The number of nitrogens with two attached hydrogens (primary N) is 1. The van der Waals surface area contributed by atoms with Gasteiger partial charge in [0.25, 0.3) is 0 Å². The molecule has 1 saturated heterocycles. The van der Waals surface area contributed by atoms with Crippen molar-refractivity contribution in [3.63, 3.8) is 0 Å². The van der Waals surface area contributed by atoms with E-state index in [4.69, 9.17) is 5.84 Å². The van der Waals surface area contributed by atoms with E-state index in [0.29, 0.717) is 17.7 Å². The van der Waals surface area contributed by atoms with E-state index in [1.165, 1.54) is 11.3 Å². The maximum absolute atomic E-state index is 11.2. The fourth-order valence-corrected chi connectivity index (χ4v) is 3.61. The van der Waals surface area contributed by atoms with Crippen LogP contribution in [0.4, 0.5) is 0 Å². The van der Waals surface area contributed by atoms with Gasteiger partial charge >= 0.3 is 0 Å². The van der Waals surface area contributed by atoms with Crippen LogP contribution in [-0.2, 0) is 17.8 Å². The highest BCUT2D eigenvalue weighted by atomic mass is 32.2. The van der Waals surface area contributed by atoms with E-state index < -0.39 is 0 Å². The molecule has 20 heavy (non-hydrogen) atoms. The summed E-state index contributed by atoms with van der Waals surface area (Å²) in [7, 11) is 0. The van der Waals surface area contributed by atoms with Crippen LogP contribution in [0.1, 0.15) is 25.0 Å². The van der Waals surface area contributed by atoms with Crippen molar-refractivity contribution in [1.82, 2.24) is 10.3 Å². The Morgan fingerprint density at radius 2 is 2.00 bits per heavy atom. The number of hydrogen-bond acceptors (Lipinski definition) is 4. The third-order valence-electron chi connectivity index (χ3n) is 3.95. The van der Waals surface area contributed by atoms with E-state index in [2.05, 4.69) is 48.1 Å². The van der Waals surface area contributed by atoms with Crippen LogP contribution in [0.5, 0.6) is 0 Å². The van der Waals surface area contributed by atoms with E-state index in [1.54, 1.807) is 0 Å². The number of hydrogen-bond donors (Lipinski definition) is 2. The summed E-state index contributed by atoms with van der Waals surface area (Å²) in [5.74, 6) is 6.14. The summed E-state index contributed by atoms with van der Waals surface area (Å²) >= 11 is 2.05. The Hall–Kier alpha value is -1.04. The first-order valence-electron chi connectivity index (χ1n) is 7.03. The van der Waals surface area contributed by atoms with Gasteiger partial charge in [-0.1, -0.05) is 31.2 Å². The zero-order valence-corrected chi connectivity index (χ0v) is 13.0. The molecule has 1 aromatic carbocycles. The number of nitrogens with zero attached hydrogens (tertiary/aromatic N) is 1. The predicted octanol–water partition coefficient (Wildman–Crippen LogP) is 1.54. The van der Waals surface area contributed by atoms with Gasteiger partial charge < -0.3 is 0 Å². The predicted molar refractivity (Wildman–Crippen MR) is 84.3 cm³/mol. The van der Waals surface area contributed by atoms with Gasteiger partial charge in [0.05, 0.1) is 6.42 Å². The molecule has 2 rings (SSSR count). The van der Waals surface area contributed by atoms with Gasteiger partial charge in [-0.05, 0) is 18.1 Å². The summed E-state index contributed by atoms with van der Waals surface area (Å²) in [6, 6.07) is 8.85. The number of carbonyl (C=O) groups is 1. The van der Waals surface area contributed by atoms with Gasteiger partial charge in [0, 0.05) is 30.1 Å². The second-order valence-corrected chi connectivity index (χ2v) is 6.83. The maximum atomic E-state index is 11.2. The Morgan fingerprint density at radius 3 is 2.65 bits per heavy atom. The molecule has 4 nitrogen and oxygen atoms in total. The lowest BCUT2D eigenvalue weighted by atomic mass is 10.1. The number of benzene rings is 1. The van der Waals surface area contributed by atoms with Crippen LogP contribution in [0.15, 0.2) is 24.3 Å². The summed E-state index contributed by atoms with van der Waals surface area (Å²) in [5.41, 5.74) is 4.45. The first-order valence-corrected chi connectivity index (χ1v) is 8.08. The number of nitrogens with one attached hydrogen (secondary N) is 1. The molecule has 1 fully saturated rings. The minimum atomic E-state index is -0.159. The highest BCUT2D eigenvalue weighted by Crippen LogP contribution is 2.25. The van der Waals surface area contributed by atoms with E-state index >= 15 is 0 Å². The number of rotatable bonds is 4. The van der Waals surface area contributed by atoms with Crippen LogP contribution in [0.3, 0.4) is 0 Å². The van der Waals surface area contributed by atoms with Crippen LogP contribution >= 0.6 is 11.8 Å². The molecule has 0 bridgehead atoms. The van der Waals surface area contributed by atoms with Gasteiger partial charge in [0.15, 0.2) is 0 Å². The van der Waals surface area contributed by atoms with E-state index in [9.17, 15) is 4.79 Å². The summed E-state index contributed by atoms with van der Waals surface area (Å²) in [6.07, 6.45) is 0.338. The van der Waals surface area contributed by atoms with Crippen molar-refractivity contribution in [3.05, 3.63) is 35.4 Å². The molecule has 0 radical (unpaired) electrons. The molecule has 1 amide bonds. The lowest BCUT2D eigenvalue weighted by molar-refractivity contribution is -0.120. The molecule has 1 aromatic rings.